The molecule has 0 spiro atoms. The Morgan fingerprint density at radius 2 is 1.18 bits per heavy atom. The molecule has 0 fully saturated rings. The number of rotatable bonds is 5. The van der Waals surface area contributed by atoms with E-state index in [1.54, 1.807) is 11.1 Å². The summed E-state index contributed by atoms with van der Waals surface area (Å²) in [5.41, 5.74) is 3.40. The third-order valence-electron chi connectivity index (χ3n) is 2.33. The van der Waals surface area contributed by atoms with Crippen LogP contribution in [-0.2, 0) is 0 Å². The summed E-state index contributed by atoms with van der Waals surface area (Å²) < 4.78 is 0. The highest BCUT2D eigenvalue weighted by atomic mass is 14.1. The van der Waals surface area contributed by atoms with Crippen LogP contribution in [0.3, 0.4) is 0 Å². The lowest BCUT2D eigenvalue weighted by Crippen LogP contribution is -1.89. The molecular weight excluding hydrogens is 132 g/mol. The lowest BCUT2D eigenvalue weighted by atomic mass is 9.97. The Kier molecular flexibility index (Phi) is 6.30. The fourth-order valence-corrected chi connectivity index (χ4v) is 1.66. The van der Waals surface area contributed by atoms with E-state index in [1.165, 1.54) is 32.1 Å². The van der Waals surface area contributed by atoms with E-state index in [-0.39, 0.29) is 0 Å². The number of hydrogen-bond acceptors (Lipinski definition) is 0. The van der Waals surface area contributed by atoms with Gasteiger partial charge in [-0.15, -0.1) is 0 Å². The molecule has 0 aliphatic rings. The van der Waals surface area contributed by atoms with Gasteiger partial charge in [0.1, 0.15) is 0 Å². The largest absolute Gasteiger partial charge is 0.0716 e. The van der Waals surface area contributed by atoms with Crippen LogP contribution >= 0.6 is 0 Å². The first-order valence-electron chi connectivity index (χ1n) is 4.99. The van der Waals surface area contributed by atoms with E-state index in [1.807, 2.05) is 0 Å². The molecule has 0 rings (SSSR count). The molecule has 0 unspecified atom stereocenters. The molecule has 0 amide bonds. The second-order valence-electron chi connectivity index (χ2n) is 3.02. The summed E-state index contributed by atoms with van der Waals surface area (Å²) in [5.74, 6) is 0. The molecule has 0 aliphatic carbocycles. The third-order valence-corrected chi connectivity index (χ3v) is 2.33. The molecule has 0 aromatic rings. The molecule has 0 atom stereocenters. The van der Waals surface area contributed by atoms with E-state index < -0.39 is 0 Å². The first kappa shape index (κ1) is 10.7. The van der Waals surface area contributed by atoms with Gasteiger partial charge < -0.3 is 0 Å². The van der Waals surface area contributed by atoms with Gasteiger partial charge in [-0.3, -0.25) is 0 Å². The fraction of sp³-hybridized carbons (Fsp3) is 0.818. The summed E-state index contributed by atoms with van der Waals surface area (Å²) in [6.45, 7) is 9.07. The molecule has 0 aromatic heterocycles. The van der Waals surface area contributed by atoms with Gasteiger partial charge in [-0.2, -0.15) is 0 Å². The van der Waals surface area contributed by atoms with Crippen LogP contribution in [0.4, 0.5) is 0 Å². The van der Waals surface area contributed by atoms with Gasteiger partial charge in [-0.05, 0) is 25.7 Å². The summed E-state index contributed by atoms with van der Waals surface area (Å²) in [7, 11) is 0. The smallest absolute Gasteiger partial charge is 0.0320 e. The zero-order valence-corrected chi connectivity index (χ0v) is 8.54. The molecular formula is C11H22. The van der Waals surface area contributed by atoms with Crippen molar-refractivity contribution in [3.8, 4) is 0 Å². The molecule has 0 saturated heterocycles. The first-order valence-corrected chi connectivity index (χ1v) is 4.99. The van der Waals surface area contributed by atoms with Crippen molar-refractivity contribution in [2.45, 2.75) is 59.8 Å². The van der Waals surface area contributed by atoms with Crippen LogP contribution < -0.4 is 0 Å². The van der Waals surface area contributed by atoms with Gasteiger partial charge in [-0.25, -0.2) is 0 Å². The van der Waals surface area contributed by atoms with E-state index >= 15 is 0 Å². The maximum absolute atomic E-state index is 2.27. The Labute approximate surface area is 71.7 Å². The molecule has 0 N–H and O–H groups in total. The minimum absolute atomic E-state index is 1.25. The number of allylic oxidation sites excluding steroid dienone is 2. The van der Waals surface area contributed by atoms with Crippen LogP contribution in [0.5, 0.6) is 0 Å². The van der Waals surface area contributed by atoms with Gasteiger partial charge in [0.25, 0.3) is 0 Å². The van der Waals surface area contributed by atoms with Crippen molar-refractivity contribution in [2.75, 3.05) is 0 Å². The standard InChI is InChI=1S/C11H22/c1-5-9-11(8-4)10(6-2)7-3/h5-9H2,1-4H3. The fourth-order valence-electron chi connectivity index (χ4n) is 1.66. The molecule has 0 saturated carbocycles. The summed E-state index contributed by atoms with van der Waals surface area (Å²) in [5, 5.41) is 0. The van der Waals surface area contributed by atoms with E-state index in [2.05, 4.69) is 27.7 Å². The van der Waals surface area contributed by atoms with Gasteiger partial charge in [0.2, 0.25) is 0 Å². The Morgan fingerprint density at radius 3 is 1.45 bits per heavy atom. The average molecular weight is 154 g/mol. The molecule has 66 valence electrons. The zero-order chi connectivity index (χ0) is 8.69. The highest BCUT2D eigenvalue weighted by molar-refractivity contribution is 5.13. The molecule has 0 nitrogen and oxygen atoms in total. The molecule has 0 heteroatoms. The van der Waals surface area contributed by atoms with Crippen LogP contribution in [0, 0.1) is 0 Å². The summed E-state index contributed by atoms with van der Waals surface area (Å²) in [4.78, 5) is 0. The molecule has 11 heavy (non-hydrogen) atoms. The maximum Gasteiger partial charge on any atom is -0.0320 e. The quantitative estimate of drug-likeness (QED) is 0.517. The lowest BCUT2D eigenvalue weighted by Gasteiger charge is -2.09. The minimum atomic E-state index is 1.25. The number of hydrogen-bond donors (Lipinski definition) is 0. The third kappa shape index (κ3) is 3.60. The topological polar surface area (TPSA) is 0 Å². The van der Waals surface area contributed by atoms with Gasteiger partial charge >= 0.3 is 0 Å². The van der Waals surface area contributed by atoms with Crippen LogP contribution in [0.2, 0.25) is 0 Å². The predicted octanol–water partition coefficient (Wildman–Crippen LogP) is 4.31. The monoisotopic (exact) mass is 154 g/mol. The zero-order valence-electron chi connectivity index (χ0n) is 8.54. The molecule has 0 bridgehead atoms. The van der Waals surface area contributed by atoms with E-state index in [0.29, 0.717) is 0 Å². The second-order valence-corrected chi connectivity index (χ2v) is 3.02. The van der Waals surface area contributed by atoms with Crippen molar-refractivity contribution in [3.63, 3.8) is 0 Å². The van der Waals surface area contributed by atoms with Crippen molar-refractivity contribution >= 4 is 0 Å². The summed E-state index contributed by atoms with van der Waals surface area (Å²) in [6.07, 6.45) is 6.37. The van der Waals surface area contributed by atoms with Crippen molar-refractivity contribution in [3.05, 3.63) is 11.1 Å². The molecule has 0 aliphatic heterocycles. The lowest BCUT2D eigenvalue weighted by molar-refractivity contribution is 0.806. The highest BCUT2D eigenvalue weighted by Crippen LogP contribution is 2.19. The molecule has 0 aromatic carbocycles. The highest BCUT2D eigenvalue weighted by Gasteiger charge is 1.99. The minimum Gasteiger partial charge on any atom is -0.0716 e. The van der Waals surface area contributed by atoms with Crippen LogP contribution in [0.1, 0.15) is 59.8 Å². The van der Waals surface area contributed by atoms with Gasteiger partial charge in [0, 0.05) is 0 Å². The Bertz CT molecular complexity index is 114. The Morgan fingerprint density at radius 1 is 0.727 bits per heavy atom. The van der Waals surface area contributed by atoms with Gasteiger partial charge in [0.05, 0.1) is 0 Å². The molecule has 0 heterocycles. The molecule has 0 radical (unpaired) electrons. The van der Waals surface area contributed by atoms with E-state index in [9.17, 15) is 0 Å². The Hall–Kier alpha value is -0.260. The van der Waals surface area contributed by atoms with E-state index in [0.717, 1.165) is 0 Å². The second kappa shape index (κ2) is 6.45. The maximum atomic E-state index is 2.27. The SMILES string of the molecule is CCCC(CC)=C(CC)CC. The van der Waals surface area contributed by atoms with Crippen molar-refractivity contribution < 1.29 is 0 Å². The first-order chi connectivity index (χ1) is 5.29. The van der Waals surface area contributed by atoms with Gasteiger partial charge in [0.15, 0.2) is 0 Å². The summed E-state index contributed by atoms with van der Waals surface area (Å²) >= 11 is 0. The van der Waals surface area contributed by atoms with E-state index in [4.69, 9.17) is 0 Å². The Balaban J connectivity index is 4.21. The van der Waals surface area contributed by atoms with Crippen molar-refractivity contribution in [2.24, 2.45) is 0 Å². The average Bonchev–Trinajstić information content (AvgIpc) is 2.05. The van der Waals surface area contributed by atoms with Crippen LogP contribution in [0.25, 0.3) is 0 Å². The normalized spacial score (nSPS) is 9.82. The van der Waals surface area contributed by atoms with Crippen molar-refractivity contribution in [1.82, 2.24) is 0 Å². The van der Waals surface area contributed by atoms with Gasteiger partial charge in [-0.1, -0.05) is 45.3 Å². The van der Waals surface area contributed by atoms with Crippen molar-refractivity contribution in [1.29, 1.82) is 0 Å². The van der Waals surface area contributed by atoms with Crippen LogP contribution in [-0.4, -0.2) is 0 Å². The van der Waals surface area contributed by atoms with Crippen LogP contribution in [0.15, 0.2) is 11.1 Å². The summed E-state index contributed by atoms with van der Waals surface area (Å²) in [6, 6.07) is 0. The predicted molar refractivity (Wildman–Crippen MR) is 52.8 cm³/mol.